The Hall–Kier alpha value is -1.18. The minimum Gasteiger partial charge on any atom is -0.368 e. The van der Waals surface area contributed by atoms with Gasteiger partial charge < -0.3 is 19.9 Å². The number of urea groups is 1. The molecule has 1 aliphatic heterocycles. The van der Waals surface area contributed by atoms with Gasteiger partial charge in [-0.05, 0) is 0 Å². The van der Waals surface area contributed by atoms with Crippen LogP contribution < -0.4 is 10.6 Å². The topological polar surface area (TPSA) is 96.9 Å². The van der Waals surface area contributed by atoms with Gasteiger partial charge in [0, 0.05) is 14.2 Å². The fourth-order valence-electron chi connectivity index (χ4n) is 1.06. The predicted molar refractivity (Wildman–Crippen MR) is 39.4 cm³/mol. The molecule has 1 aliphatic rings. The maximum absolute atomic E-state index is 11.2. The van der Waals surface area contributed by atoms with Gasteiger partial charge in [0.05, 0.1) is 0 Å². The maximum atomic E-state index is 11.2. The number of imide groups is 1. The van der Waals surface area contributed by atoms with Crippen molar-refractivity contribution in [2.45, 2.75) is 12.0 Å². The number of methoxy groups -OCH3 is 2. The van der Waals surface area contributed by atoms with Gasteiger partial charge in [-0.15, -0.1) is 0 Å². The molecule has 0 aromatic heterocycles. The minimum absolute atomic E-state index is 0.790. The van der Waals surface area contributed by atoms with Gasteiger partial charge in [-0.1, -0.05) is 0 Å². The lowest BCUT2D eigenvalue weighted by Crippen LogP contribution is -2.70. The average Bonchev–Trinajstić information content (AvgIpc) is 2.05. The first kappa shape index (κ1) is 9.90. The number of ether oxygens (including phenoxy) is 2. The molecule has 74 valence electrons. The second-order valence-electron chi connectivity index (χ2n) is 2.41. The van der Waals surface area contributed by atoms with Crippen molar-refractivity contribution in [2.75, 3.05) is 14.2 Å². The number of rotatable bonds is 2. The Kier molecular flexibility index (Phi) is 2.50. The van der Waals surface area contributed by atoms with Crippen LogP contribution in [0.25, 0.3) is 0 Å². The number of carbonyl (C=O) groups excluding carboxylic acids is 2. The number of aliphatic hydroxyl groups excluding tert-OH is 1. The highest BCUT2D eigenvalue weighted by Crippen LogP contribution is 2.17. The van der Waals surface area contributed by atoms with Crippen LogP contribution in [-0.4, -0.2) is 43.3 Å². The first-order valence-corrected chi connectivity index (χ1v) is 3.47. The molecule has 0 saturated carbocycles. The molecule has 0 aliphatic carbocycles. The Morgan fingerprint density at radius 1 is 1.38 bits per heavy atom. The summed E-state index contributed by atoms with van der Waals surface area (Å²) in [5.41, 5.74) is 0. The second-order valence-corrected chi connectivity index (χ2v) is 2.41. The molecule has 13 heavy (non-hydrogen) atoms. The summed E-state index contributed by atoms with van der Waals surface area (Å²) in [5.74, 6) is -2.71. The summed E-state index contributed by atoms with van der Waals surface area (Å²) in [6.45, 7) is 0. The Balaban J connectivity index is 2.93. The van der Waals surface area contributed by atoms with E-state index >= 15 is 0 Å². The van der Waals surface area contributed by atoms with Crippen LogP contribution in [0.4, 0.5) is 4.79 Å². The van der Waals surface area contributed by atoms with Crippen LogP contribution in [0.3, 0.4) is 0 Å². The number of amides is 3. The Morgan fingerprint density at radius 2 is 1.92 bits per heavy atom. The van der Waals surface area contributed by atoms with Crippen LogP contribution in [0.1, 0.15) is 0 Å². The third-order valence-electron chi connectivity index (χ3n) is 1.78. The van der Waals surface area contributed by atoms with Crippen molar-refractivity contribution in [1.29, 1.82) is 0 Å². The fraction of sp³-hybridized carbons (Fsp3) is 0.667. The first-order chi connectivity index (χ1) is 6.06. The summed E-state index contributed by atoms with van der Waals surface area (Å²) in [6.07, 6.45) is -1.52. The van der Waals surface area contributed by atoms with E-state index in [1.165, 1.54) is 14.2 Å². The van der Waals surface area contributed by atoms with E-state index in [9.17, 15) is 14.7 Å². The molecule has 0 spiro atoms. The Bertz CT molecular complexity index is 237. The molecule has 1 unspecified atom stereocenters. The average molecular weight is 190 g/mol. The van der Waals surface area contributed by atoms with Crippen molar-refractivity contribution in [1.82, 2.24) is 10.6 Å². The zero-order valence-corrected chi connectivity index (χ0v) is 7.16. The zero-order valence-electron chi connectivity index (χ0n) is 7.16. The van der Waals surface area contributed by atoms with Crippen LogP contribution in [0.15, 0.2) is 0 Å². The Morgan fingerprint density at radius 3 is 2.31 bits per heavy atom. The zero-order chi connectivity index (χ0) is 10.1. The molecule has 0 bridgehead atoms. The van der Waals surface area contributed by atoms with Crippen LogP contribution in [0.2, 0.25) is 0 Å². The van der Waals surface area contributed by atoms with E-state index in [2.05, 4.69) is 0 Å². The molecule has 1 saturated heterocycles. The van der Waals surface area contributed by atoms with E-state index in [1.54, 1.807) is 0 Å². The van der Waals surface area contributed by atoms with Crippen LogP contribution >= 0.6 is 0 Å². The minimum atomic E-state index is -1.87. The highest BCUT2D eigenvalue weighted by atomic mass is 16.7. The molecule has 7 nitrogen and oxygen atoms in total. The van der Waals surface area contributed by atoms with Crippen LogP contribution in [-0.2, 0) is 14.3 Å². The lowest BCUT2D eigenvalue weighted by molar-refractivity contribution is -0.253. The van der Waals surface area contributed by atoms with E-state index in [0.717, 1.165) is 0 Å². The van der Waals surface area contributed by atoms with E-state index in [0.29, 0.717) is 0 Å². The second kappa shape index (κ2) is 3.29. The summed E-state index contributed by atoms with van der Waals surface area (Å²) in [5, 5.41) is 13.3. The van der Waals surface area contributed by atoms with Gasteiger partial charge in [-0.3, -0.25) is 10.1 Å². The summed E-state index contributed by atoms with van der Waals surface area (Å²) >= 11 is 0. The Labute approximate surface area is 74.0 Å². The highest BCUT2D eigenvalue weighted by molar-refractivity contribution is 6.01. The van der Waals surface area contributed by atoms with Crippen molar-refractivity contribution in [3.63, 3.8) is 0 Å². The molecule has 0 aromatic carbocycles. The number of aliphatic hydroxyl groups is 1. The van der Waals surface area contributed by atoms with E-state index in [4.69, 9.17) is 9.47 Å². The smallest absolute Gasteiger partial charge is 0.323 e. The van der Waals surface area contributed by atoms with Gasteiger partial charge in [0.15, 0.2) is 6.23 Å². The molecule has 1 fully saturated rings. The summed E-state index contributed by atoms with van der Waals surface area (Å²) in [6, 6.07) is -0.790. The van der Waals surface area contributed by atoms with E-state index in [-0.39, 0.29) is 0 Å². The fourth-order valence-corrected chi connectivity index (χ4v) is 1.06. The van der Waals surface area contributed by atoms with Crippen molar-refractivity contribution >= 4 is 11.9 Å². The van der Waals surface area contributed by atoms with E-state index in [1.807, 2.05) is 10.6 Å². The molecule has 1 rings (SSSR count). The lowest BCUT2D eigenvalue weighted by atomic mass is 10.2. The molecular formula is C6H10N2O5. The van der Waals surface area contributed by atoms with Crippen molar-refractivity contribution < 1.29 is 24.2 Å². The highest BCUT2D eigenvalue weighted by Gasteiger charge is 2.51. The van der Waals surface area contributed by atoms with Gasteiger partial charge >= 0.3 is 6.03 Å². The number of nitrogens with one attached hydrogen (secondary N) is 2. The predicted octanol–water partition coefficient (Wildman–Crippen LogP) is -1.87. The molecule has 7 heteroatoms. The van der Waals surface area contributed by atoms with Gasteiger partial charge in [0.25, 0.3) is 11.7 Å². The molecule has 0 radical (unpaired) electrons. The lowest BCUT2D eigenvalue weighted by Gasteiger charge is -2.36. The summed E-state index contributed by atoms with van der Waals surface area (Å²) in [4.78, 5) is 21.9. The first-order valence-electron chi connectivity index (χ1n) is 3.47. The normalized spacial score (nSPS) is 26.5. The quantitative estimate of drug-likeness (QED) is 0.443. The summed E-state index contributed by atoms with van der Waals surface area (Å²) < 4.78 is 9.40. The third-order valence-corrected chi connectivity index (χ3v) is 1.78. The van der Waals surface area contributed by atoms with Gasteiger partial charge in [0.1, 0.15) is 0 Å². The van der Waals surface area contributed by atoms with Crippen LogP contribution in [0, 0.1) is 0 Å². The number of carbonyl (C=O) groups is 2. The molecule has 3 N–H and O–H groups in total. The molecule has 1 atom stereocenters. The molecule has 1 heterocycles. The van der Waals surface area contributed by atoms with E-state index < -0.39 is 24.0 Å². The van der Waals surface area contributed by atoms with Crippen molar-refractivity contribution in [3.8, 4) is 0 Å². The van der Waals surface area contributed by atoms with Gasteiger partial charge in [-0.25, -0.2) is 4.79 Å². The molecule has 3 amide bonds. The standard InChI is InChI=1S/C6H10N2O5/c1-12-6(13-2)3(9)7-5(11)8-4(6)10/h3,9H,1-2H3,(H2,7,8,10,11). The largest absolute Gasteiger partial charge is 0.368 e. The summed E-state index contributed by atoms with van der Waals surface area (Å²) in [7, 11) is 2.37. The third kappa shape index (κ3) is 1.37. The van der Waals surface area contributed by atoms with Crippen molar-refractivity contribution in [3.05, 3.63) is 0 Å². The van der Waals surface area contributed by atoms with Gasteiger partial charge in [0.2, 0.25) is 0 Å². The number of hydrogen-bond acceptors (Lipinski definition) is 5. The molecular weight excluding hydrogens is 180 g/mol. The van der Waals surface area contributed by atoms with Gasteiger partial charge in [-0.2, -0.15) is 0 Å². The van der Waals surface area contributed by atoms with Crippen molar-refractivity contribution in [2.24, 2.45) is 0 Å². The SMILES string of the molecule is COC1(OC)C(=O)NC(=O)NC1O. The monoisotopic (exact) mass is 190 g/mol. The number of hydrogen-bond donors (Lipinski definition) is 3. The van der Waals surface area contributed by atoms with Crippen LogP contribution in [0.5, 0.6) is 0 Å². The molecule has 0 aromatic rings. The maximum Gasteiger partial charge on any atom is 0.323 e.